The van der Waals surface area contributed by atoms with Gasteiger partial charge in [-0.3, -0.25) is 28.1 Å². The van der Waals surface area contributed by atoms with Crippen molar-refractivity contribution < 1.29 is 4.79 Å². The molecule has 2 aromatic heterocycles. The van der Waals surface area contributed by atoms with Crippen molar-refractivity contribution >= 4 is 34.4 Å². The molecule has 2 aromatic carbocycles. The van der Waals surface area contributed by atoms with Gasteiger partial charge >= 0.3 is 5.69 Å². The molecule has 4 aromatic rings. The Morgan fingerprint density at radius 2 is 1.71 bits per heavy atom. The molecule has 1 N–H and O–H groups in total. The zero-order valence-corrected chi connectivity index (χ0v) is 20.0. The van der Waals surface area contributed by atoms with Crippen molar-refractivity contribution in [2.24, 2.45) is 14.1 Å². The molecule has 0 radical (unpaired) electrons. The van der Waals surface area contributed by atoms with Crippen LogP contribution in [0.15, 0.2) is 68.1 Å². The molecular formula is C24H23N5O4S. The van der Waals surface area contributed by atoms with Crippen LogP contribution in [0, 0.1) is 13.8 Å². The minimum Gasteiger partial charge on any atom is -0.311 e. The maximum atomic E-state index is 13.4. The summed E-state index contributed by atoms with van der Waals surface area (Å²) in [5.74, 6) is -0.432. The number of nitrogens with one attached hydrogen (secondary N) is 1. The van der Waals surface area contributed by atoms with Crippen molar-refractivity contribution in [1.29, 1.82) is 0 Å². The normalized spacial score (nSPS) is 11.1. The highest BCUT2D eigenvalue weighted by molar-refractivity contribution is 7.99. The van der Waals surface area contributed by atoms with Crippen LogP contribution in [0.1, 0.15) is 11.1 Å². The van der Waals surface area contributed by atoms with E-state index in [9.17, 15) is 19.2 Å². The number of thioether (sulfide) groups is 1. The topological polar surface area (TPSA) is 108 Å². The van der Waals surface area contributed by atoms with E-state index >= 15 is 0 Å². The van der Waals surface area contributed by atoms with Crippen LogP contribution in [0.4, 0.5) is 5.82 Å². The van der Waals surface area contributed by atoms with E-state index in [4.69, 9.17) is 0 Å². The number of rotatable bonds is 5. The summed E-state index contributed by atoms with van der Waals surface area (Å²) in [6, 6.07) is 13.9. The highest BCUT2D eigenvalue weighted by Crippen LogP contribution is 2.23. The molecule has 0 fully saturated rings. The summed E-state index contributed by atoms with van der Waals surface area (Å²) in [7, 11) is 2.83. The summed E-state index contributed by atoms with van der Waals surface area (Å²) >= 11 is 1.09. The highest BCUT2D eigenvalue weighted by atomic mass is 32.2. The Kier molecular flexibility index (Phi) is 6.25. The molecule has 34 heavy (non-hydrogen) atoms. The molecule has 4 rings (SSSR count). The molecule has 1 amide bonds. The van der Waals surface area contributed by atoms with E-state index in [1.165, 1.54) is 29.3 Å². The number of hydrogen-bond acceptors (Lipinski definition) is 6. The molecule has 0 saturated carbocycles. The lowest BCUT2D eigenvalue weighted by atomic mass is 10.1. The fourth-order valence-electron chi connectivity index (χ4n) is 3.46. The number of nitrogens with zero attached hydrogens (tertiary/aromatic N) is 4. The van der Waals surface area contributed by atoms with Crippen LogP contribution in [0.5, 0.6) is 0 Å². The van der Waals surface area contributed by atoms with Gasteiger partial charge in [-0.2, -0.15) is 0 Å². The largest absolute Gasteiger partial charge is 0.332 e. The Balaban J connectivity index is 1.70. The predicted octanol–water partition coefficient (Wildman–Crippen LogP) is 2.13. The first-order chi connectivity index (χ1) is 16.2. The number of fused-ring (bicyclic) bond motifs is 1. The van der Waals surface area contributed by atoms with Gasteiger partial charge in [-0.25, -0.2) is 9.78 Å². The molecule has 0 bridgehead atoms. The monoisotopic (exact) mass is 477 g/mol. The molecule has 0 aliphatic heterocycles. The molecular weight excluding hydrogens is 454 g/mol. The van der Waals surface area contributed by atoms with Crippen molar-refractivity contribution in [1.82, 2.24) is 18.7 Å². The number of anilines is 1. The fourth-order valence-corrected chi connectivity index (χ4v) is 4.28. The summed E-state index contributed by atoms with van der Waals surface area (Å²) in [5.41, 5.74) is 2.01. The van der Waals surface area contributed by atoms with Gasteiger partial charge in [-0.05, 0) is 49.2 Å². The molecule has 0 aliphatic carbocycles. The third-order valence-electron chi connectivity index (χ3n) is 5.62. The van der Waals surface area contributed by atoms with Gasteiger partial charge in [0.1, 0.15) is 5.82 Å². The van der Waals surface area contributed by atoms with Gasteiger partial charge in [0.25, 0.3) is 11.1 Å². The number of amides is 1. The van der Waals surface area contributed by atoms with Gasteiger partial charge in [0.15, 0.2) is 5.16 Å². The van der Waals surface area contributed by atoms with Gasteiger partial charge < -0.3 is 5.32 Å². The van der Waals surface area contributed by atoms with E-state index < -0.39 is 17.2 Å². The smallest absolute Gasteiger partial charge is 0.311 e. The maximum absolute atomic E-state index is 13.4. The molecule has 0 aliphatic rings. The van der Waals surface area contributed by atoms with Gasteiger partial charge in [0.05, 0.1) is 22.3 Å². The third-order valence-corrected chi connectivity index (χ3v) is 6.56. The minimum absolute atomic E-state index is 0.0843. The van der Waals surface area contributed by atoms with Crippen LogP contribution in [0.25, 0.3) is 16.6 Å². The van der Waals surface area contributed by atoms with Crippen LogP contribution in [0.2, 0.25) is 0 Å². The molecule has 10 heteroatoms. The Morgan fingerprint density at radius 3 is 2.44 bits per heavy atom. The number of aromatic nitrogens is 4. The number of para-hydroxylation sites is 1. The van der Waals surface area contributed by atoms with Crippen molar-refractivity contribution in [2.75, 3.05) is 11.1 Å². The number of aryl methyl sites for hydroxylation is 2. The quantitative estimate of drug-likeness (QED) is 0.349. The van der Waals surface area contributed by atoms with Gasteiger partial charge in [-0.1, -0.05) is 30.0 Å². The van der Waals surface area contributed by atoms with E-state index in [1.54, 1.807) is 24.3 Å². The van der Waals surface area contributed by atoms with Gasteiger partial charge in [-0.15, -0.1) is 0 Å². The zero-order valence-electron chi connectivity index (χ0n) is 19.2. The zero-order chi connectivity index (χ0) is 24.6. The first-order valence-electron chi connectivity index (χ1n) is 10.5. The second-order valence-electron chi connectivity index (χ2n) is 7.93. The molecule has 174 valence electrons. The van der Waals surface area contributed by atoms with E-state index in [-0.39, 0.29) is 17.1 Å². The van der Waals surface area contributed by atoms with Gasteiger partial charge in [0.2, 0.25) is 5.91 Å². The van der Waals surface area contributed by atoms with E-state index in [0.29, 0.717) is 21.7 Å². The Hall–Kier alpha value is -3.92. The molecule has 9 nitrogen and oxygen atoms in total. The van der Waals surface area contributed by atoms with E-state index in [2.05, 4.69) is 10.3 Å². The third kappa shape index (κ3) is 4.32. The molecule has 0 atom stereocenters. The van der Waals surface area contributed by atoms with Crippen molar-refractivity contribution in [3.8, 4) is 5.69 Å². The second-order valence-corrected chi connectivity index (χ2v) is 8.87. The van der Waals surface area contributed by atoms with E-state index in [1.807, 2.05) is 32.0 Å². The number of carbonyl (C=O) groups is 1. The van der Waals surface area contributed by atoms with Crippen LogP contribution in [-0.2, 0) is 18.9 Å². The average molecular weight is 478 g/mol. The van der Waals surface area contributed by atoms with Crippen LogP contribution < -0.4 is 22.1 Å². The Labute approximate surface area is 198 Å². The standard InChI is InChI=1S/C24H23N5O4S/c1-14-9-10-16(11-15(14)2)29-22(32)17-7-5-6-8-18(17)25-23(29)34-13-20(30)26-19-12-21(31)28(4)24(33)27(19)3/h5-12H,13H2,1-4H3,(H,26,30). The molecule has 0 saturated heterocycles. The summed E-state index contributed by atoms with van der Waals surface area (Å²) in [4.78, 5) is 54.7. The number of benzene rings is 2. The first kappa shape index (κ1) is 23.2. The van der Waals surface area contributed by atoms with Crippen LogP contribution in [-0.4, -0.2) is 30.3 Å². The molecule has 0 unspecified atom stereocenters. The molecule has 0 spiro atoms. The lowest BCUT2D eigenvalue weighted by Crippen LogP contribution is -2.38. The number of hydrogen-bond donors (Lipinski definition) is 1. The second kappa shape index (κ2) is 9.14. The van der Waals surface area contributed by atoms with Gasteiger partial charge in [0, 0.05) is 20.2 Å². The summed E-state index contributed by atoms with van der Waals surface area (Å²) in [6.45, 7) is 3.96. The minimum atomic E-state index is -0.546. The SMILES string of the molecule is Cc1ccc(-n2c(SCC(=O)Nc3cc(=O)n(C)c(=O)n3C)nc3ccccc3c2=O)cc1C. The summed E-state index contributed by atoms with van der Waals surface area (Å²) < 4.78 is 3.63. The van der Waals surface area contributed by atoms with Crippen molar-refractivity contribution in [3.63, 3.8) is 0 Å². The van der Waals surface area contributed by atoms with Crippen LogP contribution >= 0.6 is 11.8 Å². The lowest BCUT2D eigenvalue weighted by Gasteiger charge is -2.15. The predicted molar refractivity (Wildman–Crippen MR) is 133 cm³/mol. The maximum Gasteiger partial charge on any atom is 0.332 e. The Bertz CT molecular complexity index is 1620. The summed E-state index contributed by atoms with van der Waals surface area (Å²) in [6.07, 6.45) is 0. The number of carbonyl (C=O) groups excluding carboxylic acids is 1. The molecule has 2 heterocycles. The fraction of sp³-hybridized carbons (Fsp3) is 0.208. The van der Waals surface area contributed by atoms with Crippen molar-refractivity contribution in [3.05, 3.63) is 90.8 Å². The van der Waals surface area contributed by atoms with Crippen molar-refractivity contribution in [2.45, 2.75) is 19.0 Å². The average Bonchev–Trinajstić information content (AvgIpc) is 2.82. The summed E-state index contributed by atoms with van der Waals surface area (Å²) in [5, 5.41) is 3.43. The van der Waals surface area contributed by atoms with E-state index in [0.717, 1.165) is 27.5 Å². The lowest BCUT2D eigenvalue weighted by molar-refractivity contribution is -0.113. The van der Waals surface area contributed by atoms with Crippen LogP contribution in [0.3, 0.4) is 0 Å². The Morgan fingerprint density at radius 1 is 0.971 bits per heavy atom. The highest BCUT2D eigenvalue weighted by Gasteiger charge is 2.16. The first-order valence-corrected chi connectivity index (χ1v) is 11.4.